The molecule has 0 spiro atoms. The number of primary sulfonamides is 1. The Balaban J connectivity index is 2.23. The van der Waals surface area contributed by atoms with Crippen molar-refractivity contribution in [2.45, 2.75) is 30.4 Å². The Morgan fingerprint density at radius 3 is 2.58 bits per heavy atom. The lowest BCUT2D eigenvalue weighted by atomic mass is 10.0. The predicted octanol–water partition coefficient (Wildman–Crippen LogP) is 2.43. The van der Waals surface area contributed by atoms with E-state index < -0.39 is 33.9 Å². The molecule has 4 N–H and O–H groups in total. The molecule has 6 nitrogen and oxygen atoms in total. The van der Waals surface area contributed by atoms with Gasteiger partial charge in [-0.05, 0) is 36.2 Å². The number of nitrogens with two attached hydrogens (primary N) is 1. The van der Waals surface area contributed by atoms with Gasteiger partial charge in [0.2, 0.25) is 10.0 Å². The molecule has 0 bridgehead atoms. The summed E-state index contributed by atoms with van der Waals surface area (Å²) in [5, 5.41) is 18.0. The maximum absolute atomic E-state index is 13.9. The van der Waals surface area contributed by atoms with Crippen molar-refractivity contribution >= 4 is 27.5 Å². The fourth-order valence-electron chi connectivity index (χ4n) is 2.44. The van der Waals surface area contributed by atoms with Crippen LogP contribution in [-0.2, 0) is 14.8 Å². The fourth-order valence-corrected chi connectivity index (χ4v) is 3.17. The third kappa shape index (κ3) is 4.79. The number of rotatable bonds is 6. The summed E-state index contributed by atoms with van der Waals surface area (Å²) in [4.78, 5) is 12.2. The van der Waals surface area contributed by atoms with Crippen LogP contribution in [0.2, 0.25) is 5.02 Å². The molecule has 2 aromatic rings. The average molecular weight is 401 g/mol. The Bertz CT molecular complexity index is 921. The van der Waals surface area contributed by atoms with Crippen molar-refractivity contribution in [1.82, 2.24) is 5.32 Å². The first kappa shape index (κ1) is 20.3. The van der Waals surface area contributed by atoms with Crippen molar-refractivity contribution in [3.8, 4) is 0 Å². The van der Waals surface area contributed by atoms with E-state index in [-0.39, 0.29) is 15.5 Å². The number of nitrogens with one attached hydrogen (secondary N) is 1. The van der Waals surface area contributed by atoms with Gasteiger partial charge in [-0.3, -0.25) is 4.79 Å². The maximum Gasteiger partial charge on any atom is 0.254 e. The van der Waals surface area contributed by atoms with Crippen molar-refractivity contribution in [1.29, 1.82) is 0 Å². The lowest BCUT2D eigenvalue weighted by Gasteiger charge is -2.20. The van der Waals surface area contributed by atoms with E-state index >= 15 is 0 Å². The monoisotopic (exact) mass is 400 g/mol. The van der Waals surface area contributed by atoms with Crippen LogP contribution in [0.3, 0.4) is 0 Å². The minimum Gasteiger partial charge on any atom is -0.378 e. The molecule has 140 valence electrons. The molecule has 0 saturated heterocycles. The van der Waals surface area contributed by atoms with Crippen LogP contribution in [0.15, 0.2) is 47.4 Å². The van der Waals surface area contributed by atoms with Gasteiger partial charge in [-0.15, -0.1) is 0 Å². The Morgan fingerprint density at radius 2 is 2.00 bits per heavy atom. The van der Waals surface area contributed by atoms with Gasteiger partial charge in [-0.1, -0.05) is 36.7 Å². The van der Waals surface area contributed by atoms with E-state index in [4.69, 9.17) is 16.7 Å². The zero-order valence-electron chi connectivity index (χ0n) is 13.8. The normalized spacial score (nSPS) is 13.9. The van der Waals surface area contributed by atoms with Gasteiger partial charge < -0.3 is 10.4 Å². The number of hydrogen-bond donors (Lipinski definition) is 3. The summed E-state index contributed by atoms with van der Waals surface area (Å²) in [7, 11) is -3.89. The Morgan fingerprint density at radius 1 is 1.31 bits per heavy atom. The standard InChI is InChI=1S/C17H18ClFN2O4S/c1-2-15(10-4-3-5-12(8-10)26(20,24)25)21-17(23)16(22)13-7-6-11(18)9-14(13)19/h3-9,15-16,22H,2H2,1H3,(H,21,23)(H2,20,24,25). The summed E-state index contributed by atoms with van der Waals surface area (Å²) in [5.41, 5.74) is 0.288. The van der Waals surface area contributed by atoms with E-state index in [9.17, 15) is 22.7 Å². The molecule has 2 unspecified atom stereocenters. The number of amides is 1. The second-order valence-corrected chi connectivity index (χ2v) is 7.65. The topological polar surface area (TPSA) is 109 Å². The molecule has 2 atom stereocenters. The number of hydrogen-bond acceptors (Lipinski definition) is 4. The van der Waals surface area contributed by atoms with E-state index in [1.807, 2.05) is 0 Å². The van der Waals surface area contributed by atoms with Gasteiger partial charge in [0.25, 0.3) is 5.91 Å². The van der Waals surface area contributed by atoms with Crippen LogP contribution in [0.4, 0.5) is 4.39 Å². The first-order chi connectivity index (χ1) is 12.1. The molecule has 0 saturated carbocycles. The summed E-state index contributed by atoms with van der Waals surface area (Å²) in [6.07, 6.45) is -1.32. The van der Waals surface area contributed by atoms with Crippen LogP contribution in [0, 0.1) is 5.82 Å². The second-order valence-electron chi connectivity index (χ2n) is 5.66. The Kier molecular flexibility index (Phi) is 6.35. The van der Waals surface area contributed by atoms with E-state index in [1.165, 1.54) is 30.3 Å². The highest BCUT2D eigenvalue weighted by Crippen LogP contribution is 2.24. The third-order valence-corrected chi connectivity index (χ3v) is 4.97. The summed E-state index contributed by atoms with van der Waals surface area (Å²) < 4.78 is 36.8. The first-order valence-corrected chi connectivity index (χ1v) is 9.62. The Hall–Kier alpha value is -2.00. The lowest BCUT2D eigenvalue weighted by molar-refractivity contribution is -0.130. The molecule has 2 rings (SSSR count). The quantitative estimate of drug-likeness (QED) is 0.691. The number of benzene rings is 2. The summed E-state index contributed by atoms with van der Waals surface area (Å²) in [5.74, 6) is -1.62. The average Bonchev–Trinajstić information content (AvgIpc) is 2.58. The van der Waals surface area contributed by atoms with Gasteiger partial charge in [0.1, 0.15) is 5.82 Å². The van der Waals surface area contributed by atoms with Gasteiger partial charge in [0.05, 0.1) is 10.9 Å². The van der Waals surface area contributed by atoms with Crippen LogP contribution in [0.25, 0.3) is 0 Å². The molecular formula is C17H18ClFN2O4S. The molecular weight excluding hydrogens is 383 g/mol. The van der Waals surface area contributed by atoms with Crippen molar-refractivity contribution in [3.63, 3.8) is 0 Å². The molecule has 0 radical (unpaired) electrons. The molecule has 0 aromatic heterocycles. The number of carbonyl (C=O) groups excluding carboxylic acids is 1. The van der Waals surface area contributed by atoms with Crippen LogP contribution < -0.4 is 10.5 Å². The van der Waals surface area contributed by atoms with Crippen LogP contribution in [-0.4, -0.2) is 19.4 Å². The first-order valence-electron chi connectivity index (χ1n) is 7.69. The summed E-state index contributed by atoms with van der Waals surface area (Å²) in [6.45, 7) is 1.77. The lowest BCUT2D eigenvalue weighted by Crippen LogP contribution is -2.33. The SMILES string of the molecule is CCC(NC(=O)C(O)c1ccc(Cl)cc1F)c1cccc(S(N)(=O)=O)c1. The van der Waals surface area contributed by atoms with Crippen molar-refractivity contribution in [2.75, 3.05) is 0 Å². The van der Waals surface area contributed by atoms with E-state index in [2.05, 4.69) is 5.32 Å². The van der Waals surface area contributed by atoms with Crippen molar-refractivity contribution < 1.29 is 22.7 Å². The van der Waals surface area contributed by atoms with Crippen LogP contribution >= 0.6 is 11.6 Å². The summed E-state index contributed by atoms with van der Waals surface area (Å²) >= 11 is 5.66. The minimum absolute atomic E-state index is 0.0907. The van der Waals surface area contributed by atoms with Gasteiger partial charge in [-0.25, -0.2) is 17.9 Å². The van der Waals surface area contributed by atoms with Crippen molar-refractivity contribution in [3.05, 3.63) is 64.4 Å². The van der Waals surface area contributed by atoms with Gasteiger partial charge >= 0.3 is 0 Å². The maximum atomic E-state index is 13.9. The molecule has 0 fully saturated rings. The molecule has 0 aliphatic heterocycles. The molecule has 0 aliphatic rings. The number of aliphatic hydroxyl groups is 1. The molecule has 9 heteroatoms. The third-order valence-electron chi connectivity index (χ3n) is 3.82. The zero-order chi connectivity index (χ0) is 19.5. The second kappa shape index (κ2) is 8.13. The molecule has 0 heterocycles. The number of halogens is 2. The Labute approximate surface area is 155 Å². The smallest absolute Gasteiger partial charge is 0.254 e. The largest absolute Gasteiger partial charge is 0.378 e. The van der Waals surface area contributed by atoms with Gasteiger partial charge in [0.15, 0.2) is 6.10 Å². The highest BCUT2D eigenvalue weighted by molar-refractivity contribution is 7.89. The van der Waals surface area contributed by atoms with Crippen LogP contribution in [0.1, 0.15) is 36.6 Å². The van der Waals surface area contributed by atoms with E-state index in [0.717, 1.165) is 6.07 Å². The predicted molar refractivity (Wildman–Crippen MR) is 95.4 cm³/mol. The van der Waals surface area contributed by atoms with E-state index in [1.54, 1.807) is 13.0 Å². The summed E-state index contributed by atoms with van der Waals surface area (Å²) in [6, 6.07) is 8.81. The number of sulfonamides is 1. The van der Waals surface area contributed by atoms with Crippen molar-refractivity contribution in [2.24, 2.45) is 5.14 Å². The molecule has 0 aliphatic carbocycles. The molecule has 2 aromatic carbocycles. The number of aliphatic hydroxyl groups excluding tert-OH is 1. The van der Waals surface area contributed by atoms with Gasteiger partial charge in [-0.2, -0.15) is 0 Å². The highest BCUT2D eigenvalue weighted by atomic mass is 35.5. The molecule has 26 heavy (non-hydrogen) atoms. The fraction of sp³-hybridized carbons (Fsp3) is 0.235. The number of carbonyl (C=O) groups is 1. The highest BCUT2D eigenvalue weighted by Gasteiger charge is 2.24. The van der Waals surface area contributed by atoms with E-state index in [0.29, 0.717) is 12.0 Å². The molecule has 1 amide bonds. The van der Waals surface area contributed by atoms with Gasteiger partial charge in [0, 0.05) is 10.6 Å². The minimum atomic E-state index is -3.89. The zero-order valence-corrected chi connectivity index (χ0v) is 15.4. The van der Waals surface area contributed by atoms with Crippen LogP contribution in [0.5, 0.6) is 0 Å².